The predicted octanol–water partition coefficient (Wildman–Crippen LogP) is 15.1. The van der Waals surface area contributed by atoms with Gasteiger partial charge in [0, 0.05) is 31.0 Å². The average Bonchev–Trinajstić information content (AvgIpc) is 2.99. The van der Waals surface area contributed by atoms with E-state index in [0.29, 0.717) is 6.42 Å². The number of hydrogen-bond acceptors (Lipinski definition) is 0. The lowest BCUT2D eigenvalue weighted by atomic mass is 9.88. The molecule has 0 bridgehead atoms. The number of hydrogen-bond donors (Lipinski definition) is 0. The van der Waals surface area contributed by atoms with Crippen molar-refractivity contribution in [2.75, 3.05) is 0 Å². The van der Waals surface area contributed by atoms with Crippen molar-refractivity contribution in [2.45, 2.75) is 154 Å². The topological polar surface area (TPSA) is 0 Å². The summed E-state index contributed by atoms with van der Waals surface area (Å²) in [5, 5.41) is 0. The van der Waals surface area contributed by atoms with Gasteiger partial charge in [0.25, 0.3) is 0 Å². The van der Waals surface area contributed by atoms with Gasteiger partial charge >= 0.3 is 71.6 Å². The highest BCUT2D eigenvalue weighted by molar-refractivity contribution is 14.1. The van der Waals surface area contributed by atoms with Crippen LogP contribution in [0.2, 0.25) is 0 Å². The van der Waals surface area contributed by atoms with Crippen LogP contribution in [0.3, 0.4) is 0 Å². The van der Waals surface area contributed by atoms with E-state index in [9.17, 15) is 105 Å². The Morgan fingerprint density at radius 3 is 0.855 bits per heavy atom. The molecule has 3 unspecified atom stereocenters. The molecular formula is C28H29F24I3. The van der Waals surface area contributed by atoms with Crippen molar-refractivity contribution in [3.8, 4) is 0 Å². The van der Waals surface area contributed by atoms with Crippen LogP contribution in [0.1, 0.15) is 70.6 Å². The highest BCUT2D eigenvalue weighted by Crippen LogP contribution is 2.62. The summed E-state index contributed by atoms with van der Waals surface area (Å²) >= 11 is 2.71. The summed E-state index contributed by atoms with van der Waals surface area (Å²) < 4.78 is 327. The fourth-order valence-electron chi connectivity index (χ4n) is 4.54. The SMILES string of the molecule is C=CCCCCC(I)CC(F)(F)C(F)(F)C(F)(F)C(F)(F)C(F)(F)C(F)(F)CC(I)CCCCC(I)CC(F)(F)C(F)(F)C(F)(F)C(F)(F)C(F)(F)C(F)F. The first-order valence-electron chi connectivity index (χ1n) is 15.1. The normalized spacial score (nSPS) is 17.1. The molecule has 0 radical (unpaired) electrons. The first-order valence-corrected chi connectivity index (χ1v) is 18.9. The number of unbranched alkanes of at least 4 members (excludes halogenated alkanes) is 3. The Labute approximate surface area is 338 Å². The van der Waals surface area contributed by atoms with Gasteiger partial charge in [-0.1, -0.05) is 93.1 Å². The summed E-state index contributed by atoms with van der Waals surface area (Å²) in [6.07, 6.45) is -14.5. The van der Waals surface area contributed by atoms with Crippen LogP contribution in [-0.2, 0) is 0 Å². The standard InChI is InChI=1S/C28H29F24I3/c1-2-3-4-5-8-14(53)11-19(33,34)23(41,42)27(49,50)28(51,52)24(43,44)20(35,36)13-16(55)10-7-6-9-15(54)12-18(31,32)22(39,40)26(47,48)25(45,46)21(37,38)17(29)30/h2,14-17H,1,3-13H2. The summed E-state index contributed by atoms with van der Waals surface area (Å²) in [6, 6.07) is 0. The number of allylic oxidation sites excluding steroid dienone is 1. The van der Waals surface area contributed by atoms with E-state index < -0.39 is 128 Å². The van der Waals surface area contributed by atoms with E-state index in [-0.39, 0.29) is 19.3 Å². The predicted molar refractivity (Wildman–Crippen MR) is 175 cm³/mol. The van der Waals surface area contributed by atoms with Crippen LogP contribution >= 0.6 is 67.8 Å². The minimum absolute atomic E-state index is 0.0351. The monoisotopic (exact) mass is 1200 g/mol. The third-order valence-corrected chi connectivity index (χ3v) is 11.1. The first-order chi connectivity index (χ1) is 24.1. The second-order valence-electron chi connectivity index (χ2n) is 12.3. The van der Waals surface area contributed by atoms with Crippen LogP contribution in [0.25, 0.3) is 0 Å². The molecule has 0 saturated heterocycles. The minimum Gasteiger partial charge on any atom is -0.203 e. The largest absolute Gasteiger partial charge is 0.384 e. The van der Waals surface area contributed by atoms with Gasteiger partial charge in [0.1, 0.15) is 0 Å². The second kappa shape index (κ2) is 18.9. The van der Waals surface area contributed by atoms with Gasteiger partial charge in [-0.05, 0) is 32.1 Å². The molecule has 0 N–H and O–H groups in total. The third kappa shape index (κ3) is 11.2. The molecule has 0 saturated carbocycles. The van der Waals surface area contributed by atoms with Crippen LogP contribution in [-0.4, -0.2) is 83.3 Å². The first kappa shape index (κ1) is 55.2. The summed E-state index contributed by atoms with van der Waals surface area (Å²) in [5.74, 6) is -79.3. The Balaban J connectivity index is 5.70. The van der Waals surface area contributed by atoms with Crippen molar-refractivity contribution in [1.29, 1.82) is 0 Å². The highest BCUT2D eigenvalue weighted by Gasteiger charge is 2.90. The molecule has 0 aliphatic rings. The molecule has 0 nitrogen and oxygen atoms in total. The molecule has 0 aliphatic carbocycles. The molecule has 0 amide bonds. The Hall–Kier alpha value is 0.250. The fraction of sp³-hybridized carbons (Fsp3) is 0.929. The minimum atomic E-state index is -7.84. The fourth-order valence-corrected chi connectivity index (χ4v) is 7.52. The molecule has 0 aromatic rings. The zero-order valence-corrected chi connectivity index (χ0v) is 33.5. The van der Waals surface area contributed by atoms with E-state index in [1.165, 1.54) is 6.08 Å². The lowest BCUT2D eigenvalue weighted by molar-refractivity contribution is -0.425. The van der Waals surface area contributed by atoms with Crippen molar-refractivity contribution >= 4 is 67.8 Å². The van der Waals surface area contributed by atoms with Gasteiger partial charge in [0.05, 0.1) is 0 Å². The molecule has 0 rings (SSSR count). The van der Waals surface area contributed by atoms with E-state index in [0.717, 1.165) is 67.8 Å². The molecule has 330 valence electrons. The lowest BCUT2D eigenvalue weighted by Gasteiger charge is -2.42. The van der Waals surface area contributed by atoms with Crippen LogP contribution in [0.15, 0.2) is 12.7 Å². The molecule has 0 fully saturated rings. The van der Waals surface area contributed by atoms with Crippen LogP contribution < -0.4 is 0 Å². The molecule has 0 heterocycles. The van der Waals surface area contributed by atoms with E-state index in [2.05, 4.69) is 6.58 Å². The van der Waals surface area contributed by atoms with E-state index >= 15 is 0 Å². The van der Waals surface area contributed by atoms with E-state index in [1.54, 1.807) is 0 Å². The van der Waals surface area contributed by atoms with Gasteiger partial charge in [0.15, 0.2) is 0 Å². The quantitative estimate of drug-likeness (QED) is 0.0266. The molecule has 0 aliphatic heterocycles. The van der Waals surface area contributed by atoms with Crippen LogP contribution in [0, 0.1) is 0 Å². The van der Waals surface area contributed by atoms with Crippen molar-refractivity contribution in [2.24, 2.45) is 0 Å². The zero-order chi connectivity index (χ0) is 44.3. The lowest BCUT2D eigenvalue weighted by Crippen LogP contribution is -2.70. The van der Waals surface area contributed by atoms with E-state index in [1.807, 2.05) is 0 Å². The summed E-state index contributed by atoms with van der Waals surface area (Å²) in [4.78, 5) is 0. The molecule has 0 aromatic carbocycles. The molecular weight excluding hydrogens is 1170 g/mol. The van der Waals surface area contributed by atoms with Crippen LogP contribution in [0.5, 0.6) is 0 Å². The summed E-state index contributed by atoms with van der Waals surface area (Å²) in [6.45, 7) is 3.33. The van der Waals surface area contributed by atoms with Crippen molar-refractivity contribution in [3.05, 3.63) is 12.7 Å². The zero-order valence-electron chi connectivity index (χ0n) is 27.1. The van der Waals surface area contributed by atoms with Gasteiger partial charge in [0.2, 0.25) is 0 Å². The highest BCUT2D eigenvalue weighted by atomic mass is 127. The molecule has 55 heavy (non-hydrogen) atoms. The van der Waals surface area contributed by atoms with Crippen molar-refractivity contribution in [1.82, 2.24) is 0 Å². The maximum absolute atomic E-state index is 14.4. The summed E-state index contributed by atoms with van der Waals surface area (Å²) in [5.41, 5.74) is 0. The maximum Gasteiger partial charge on any atom is 0.384 e. The Bertz CT molecular complexity index is 1220. The molecule has 27 heteroatoms. The van der Waals surface area contributed by atoms with Crippen LogP contribution in [0.4, 0.5) is 105 Å². The van der Waals surface area contributed by atoms with Gasteiger partial charge in [-0.25, -0.2) is 8.78 Å². The average molecular weight is 1200 g/mol. The van der Waals surface area contributed by atoms with Gasteiger partial charge in [-0.15, -0.1) is 6.58 Å². The van der Waals surface area contributed by atoms with Gasteiger partial charge in [-0.3, -0.25) is 0 Å². The number of alkyl halides is 27. The smallest absolute Gasteiger partial charge is 0.203 e. The van der Waals surface area contributed by atoms with Crippen molar-refractivity contribution in [3.63, 3.8) is 0 Å². The molecule has 0 aromatic heterocycles. The number of rotatable bonds is 26. The molecule has 3 atom stereocenters. The van der Waals surface area contributed by atoms with Gasteiger partial charge < -0.3 is 0 Å². The third-order valence-electron chi connectivity index (χ3n) is 7.94. The Morgan fingerprint density at radius 1 is 0.382 bits per heavy atom. The second-order valence-corrected chi connectivity index (χ2v) is 17.6. The van der Waals surface area contributed by atoms with E-state index in [4.69, 9.17) is 0 Å². The van der Waals surface area contributed by atoms with Gasteiger partial charge in [-0.2, -0.15) is 96.6 Å². The van der Waals surface area contributed by atoms with Crippen molar-refractivity contribution < 1.29 is 105 Å². The molecule has 0 spiro atoms. The number of halogens is 27. The Morgan fingerprint density at radius 2 is 0.618 bits per heavy atom. The summed E-state index contributed by atoms with van der Waals surface area (Å²) in [7, 11) is 0. The Kier molecular flexibility index (Phi) is 19.0. The maximum atomic E-state index is 14.4.